The molecule has 0 aliphatic carbocycles. The van der Waals surface area contributed by atoms with E-state index in [1.165, 1.54) is 0 Å². The molecule has 0 radical (unpaired) electrons. The molecule has 1 aliphatic rings. The topological polar surface area (TPSA) is 56.3 Å². The van der Waals surface area contributed by atoms with E-state index in [2.05, 4.69) is 10.00 Å². The van der Waals surface area contributed by atoms with E-state index in [1.54, 1.807) is 0 Å². The molecular formula is C11H19ClN4O. The van der Waals surface area contributed by atoms with Crippen LogP contribution in [0.3, 0.4) is 0 Å². The average molecular weight is 259 g/mol. The molecule has 2 N–H and O–H groups in total. The van der Waals surface area contributed by atoms with E-state index >= 15 is 0 Å². The van der Waals surface area contributed by atoms with Crippen LogP contribution in [0.1, 0.15) is 11.4 Å². The van der Waals surface area contributed by atoms with Gasteiger partial charge in [0.05, 0.1) is 29.1 Å². The average Bonchev–Trinajstić information content (AvgIpc) is 2.56. The number of rotatable bonds is 3. The largest absolute Gasteiger partial charge is 0.374 e. The first-order valence-corrected chi connectivity index (χ1v) is 6.21. The minimum absolute atomic E-state index is 0.136. The Hall–Kier alpha value is -0.620. The van der Waals surface area contributed by atoms with Crippen molar-refractivity contribution in [3.63, 3.8) is 0 Å². The first-order chi connectivity index (χ1) is 8.11. The van der Waals surface area contributed by atoms with E-state index in [-0.39, 0.29) is 6.10 Å². The predicted octanol–water partition coefficient (Wildman–Crippen LogP) is 0.541. The van der Waals surface area contributed by atoms with Gasteiger partial charge in [-0.2, -0.15) is 5.10 Å². The van der Waals surface area contributed by atoms with Crippen LogP contribution in [-0.2, 0) is 18.3 Å². The summed E-state index contributed by atoms with van der Waals surface area (Å²) in [7, 11) is 1.93. The highest BCUT2D eigenvalue weighted by atomic mass is 35.5. The maximum atomic E-state index is 6.24. The summed E-state index contributed by atoms with van der Waals surface area (Å²) in [5.41, 5.74) is 7.57. The minimum atomic E-state index is 0.136. The van der Waals surface area contributed by atoms with E-state index in [4.69, 9.17) is 22.1 Å². The smallest absolute Gasteiger partial charge is 0.0860 e. The maximum absolute atomic E-state index is 6.24. The Bertz CT molecular complexity index is 393. The van der Waals surface area contributed by atoms with Crippen molar-refractivity contribution in [3.8, 4) is 0 Å². The lowest BCUT2D eigenvalue weighted by Gasteiger charge is -2.32. The highest BCUT2D eigenvalue weighted by molar-refractivity contribution is 6.31. The standard InChI is InChI=1S/C11H19ClN4O/c1-8-11(12)10(15(2)14-8)7-16-3-4-17-9(5-13)6-16/h9H,3-7,13H2,1-2H3. The normalized spacial score (nSPS) is 22.0. The molecule has 1 unspecified atom stereocenters. The number of hydrogen-bond acceptors (Lipinski definition) is 4. The number of aryl methyl sites for hydroxylation is 2. The summed E-state index contributed by atoms with van der Waals surface area (Å²) in [5, 5.41) is 5.08. The summed E-state index contributed by atoms with van der Waals surface area (Å²) in [6.07, 6.45) is 0.136. The van der Waals surface area contributed by atoms with E-state index in [1.807, 2.05) is 18.7 Å². The Morgan fingerprint density at radius 2 is 2.35 bits per heavy atom. The molecule has 17 heavy (non-hydrogen) atoms. The molecule has 1 aliphatic heterocycles. The molecule has 0 saturated carbocycles. The van der Waals surface area contributed by atoms with Crippen molar-refractivity contribution >= 4 is 11.6 Å². The molecule has 1 aromatic rings. The van der Waals surface area contributed by atoms with Crippen LogP contribution < -0.4 is 5.73 Å². The minimum Gasteiger partial charge on any atom is -0.374 e. The van der Waals surface area contributed by atoms with Crippen LogP contribution in [0.15, 0.2) is 0 Å². The summed E-state index contributed by atoms with van der Waals surface area (Å²) in [4.78, 5) is 2.31. The molecule has 1 fully saturated rings. The Morgan fingerprint density at radius 1 is 1.59 bits per heavy atom. The van der Waals surface area contributed by atoms with Gasteiger partial charge in [0, 0.05) is 33.2 Å². The molecule has 96 valence electrons. The Balaban J connectivity index is 2.05. The third kappa shape index (κ3) is 2.80. The van der Waals surface area contributed by atoms with Crippen LogP contribution in [0.5, 0.6) is 0 Å². The second-order valence-corrected chi connectivity index (χ2v) is 4.81. The molecule has 1 atom stereocenters. The molecular weight excluding hydrogens is 240 g/mol. The lowest BCUT2D eigenvalue weighted by Crippen LogP contribution is -2.45. The second-order valence-electron chi connectivity index (χ2n) is 4.43. The molecule has 0 amide bonds. The lowest BCUT2D eigenvalue weighted by molar-refractivity contribution is -0.0267. The number of ether oxygens (including phenoxy) is 1. The summed E-state index contributed by atoms with van der Waals surface area (Å²) in [5.74, 6) is 0. The fourth-order valence-corrected chi connectivity index (χ4v) is 2.35. The molecule has 0 bridgehead atoms. The number of halogens is 1. The number of aromatic nitrogens is 2. The van der Waals surface area contributed by atoms with Crippen molar-refractivity contribution in [1.82, 2.24) is 14.7 Å². The Labute approximate surface area is 106 Å². The van der Waals surface area contributed by atoms with Gasteiger partial charge < -0.3 is 10.5 Å². The van der Waals surface area contributed by atoms with Gasteiger partial charge in [-0.05, 0) is 6.92 Å². The molecule has 1 aromatic heterocycles. The number of nitrogens with zero attached hydrogens (tertiary/aromatic N) is 3. The van der Waals surface area contributed by atoms with Crippen LogP contribution in [0.25, 0.3) is 0 Å². The third-order valence-corrected chi connectivity index (χ3v) is 3.61. The van der Waals surface area contributed by atoms with Crippen LogP contribution in [0, 0.1) is 6.92 Å². The SMILES string of the molecule is Cc1nn(C)c(CN2CCOC(CN)C2)c1Cl. The van der Waals surface area contributed by atoms with Gasteiger partial charge in [0.1, 0.15) is 0 Å². The third-order valence-electron chi connectivity index (χ3n) is 3.12. The lowest BCUT2D eigenvalue weighted by atomic mass is 10.2. The highest BCUT2D eigenvalue weighted by Crippen LogP contribution is 2.21. The zero-order chi connectivity index (χ0) is 12.4. The predicted molar refractivity (Wildman–Crippen MR) is 67.0 cm³/mol. The van der Waals surface area contributed by atoms with Crippen molar-refractivity contribution in [2.45, 2.75) is 19.6 Å². The summed E-state index contributed by atoms with van der Waals surface area (Å²) >= 11 is 6.24. The van der Waals surface area contributed by atoms with Gasteiger partial charge in [-0.25, -0.2) is 0 Å². The van der Waals surface area contributed by atoms with Crippen LogP contribution in [-0.4, -0.2) is 47.0 Å². The van der Waals surface area contributed by atoms with Crippen LogP contribution >= 0.6 is 11.6 Å². The molecule has 1 saturated heterocycles. The van der Waals surface area contributed by atoms with Gasteiger partial charge in [-0.1, -0.05) is 11.6 Å². The van der Waals surface area contributed by atoms with E-state index in [0.717, 1.165) is 42.7 Å². The van der Waals surface area contributed by atoms with Gasteiger partial charge in [0.15, 0.2) is 0 Å². The fraction of sp³-hybridized carbons (Fsp3) is 0.727. The number of hydrogen-bond donors (Lipinski definition) is 1. The van der Waals surface area contributed by atoms with Crippen molar-refractivity contribution in [2.24, 2.45) is 12.8 Å². The van der Waals surface area contributed by atoms with E-state index in [0.29, 0.717) is 6.54 Å². The molecule has 5 nitrogen and oxygen atoms in total. The Kier molecular flexibility index (Phi) is 4.04. The number of nitrogens with two attached hydrogens (primary N) is 1. The first-order valence-electron chi connectivity index (χ1n) is 5.83. The van der Waals surface area contributed by atoms with Crippen molar-refractivity contribution in [1.29, 1.82) is 0 Å². The zero-order valence-electron chi connectivity index (χ0n) is 10.3. The zero-order valence-corrected chi connectivity index (χ0v) is 11.1. The van der Waals surface area contributed by atoms with Gasteiger partial charge in [0.2, 0.25) is 0 Å². The highest BCUT2D eigenvalue weighted by Gasteiger charge is 2.21. The van der Waals surface area contributed by atoms with Gasteiger partial charge in [0.25, 0.3) is 0 Å². The molecule has 0 aromatic carbocycles. The fourth-order valence-electron chi connectivity index (χ4n) is 2.13. The van der Waals surface area contributed by atoms with Crippen molar-refractivity contribution in [3.05, 3.63) is 16.4 Å². The van der Waals surface area contributed by atoms with Crippen molar-refractivity contribution in [2.75, 3.05) is 26.2 Å². The molecule has 2 rings (SSSR count). The van der Waals surface area contributed by atoms with Crippen LogP contribution in [0.2, 0.25) is 5.02 Å². The number of morpholine rings is 1. The van der Waals surface area contributed by atoms with Gasteiger partial charge >= 0.3 is 0 Å². The first kappa shape index (κ1) is 12.8. The Morgan fingerprint density at radius 3 is 2.94 bits per heavy atom. The second kappa shape index (κ2) is 5.35. The molecule has 6 heteroatoms. The van der Waals surface area contributed by atoms with Crippen LogP contribution in [0.4, 0.5) is 0 Å². The quantitative estimate of drug-likeness (QED) is 0.860. The summed E-state index contributed by atoms with van der Waals surface area (Å²) in [6, 6.07) is 0. The maximum Gasteiger partial charge on any atom is 0.0860 e. The molecule has 2 heterocycles. The van der Waals surface area contributed by atoms with Gasteiger partial charge in [-0.3, -0.25) is 9.58 Å². The van der Waals surface area contributed by atoms with Crippen molar-refractivity contribution < 1.29 is 4.74 Å². The summed E-state index contributed by atoms with van der Waals surface area (Å²) in [6.45, 7) is 5.79. The van der Waals surface area contributed by atoms with Gasteiger partial charge in [-0.15, -0.1) is 0 Å². The van der Waals surface area contributed by atoms with E-state index in [9.17, 15) is 0 Å². The molecule has 0 spiro atoms. The monoisotopic (exact) mass is 258 g/mol. The van der Waals surface area contributed by atoms with E-state index < -0.39 is 0 Å². The summed E-state index contributed by atoms with van der Waals surface area (Å²) < 4.78 is 7.39.